The molecule has 1 heterocycles. The van der Waals surface area contributed by atoms with Crippen molar-refractivity contribution in [1.82, 2.24) is 4.90 Å². The second kappa shape index (κ2) is 5.50. The molecular weight excluding hydrogens is 186 g/mol. The van der Waals surface area contributed by atoms with Gasteiger partial charge >= 0.3 is 0 Å². The van der Waals surface area contributed by atoms with Gasteiger partial charge in [-0.2, -0.15) is 0 Å². The van der Waals surface area contributed by atoms with Crippen molar-refractivity contribution in [3.8, 4) is 0 Å². The molecule has 0 aromatic carbocycles. The summed E-state index contributed by atoms with van der Waals surface area (Å²) in [5, 5.41) is 0. The lowest BCUT2D eigenvalue weighted by Crippen LogP contribution is -2.33. The molecule has 0 unspecified atom stereocenters. The molecule has 15 heavy (non-hydrogen) atoms. The first-order valence-corrected chi connectivity index (χ1v) is 6.03. The maximum absolute atomic E-state index is 5.90. The van der Waals surface area contributed by atoms with Gasteiger partial charge in [0.25, 0.3) is 0 Å². The Morgan fingerprint density at radius 1 is 1.20 bits per heavy atom. The predicted molar refractivity (Wildman–Crippen MR) is 66.2 cm³/mol. The summed E-state index contributed by atoms with van der Waals surface area (Å²) in [7, 11) is 0. The number of amidine groups is 1. The topological polar surface area (TPSA) is 41.6 Å². The molecule has 1 aliphatic rings. The van der Waals surface area contributed by atoms with E-state index < -0.39 is 0 Å². The number of nitrogens with two attached hydrogens (primary N) is 1. The zero-order valence-electron chi connectivity index (χ0n) is 10.4. The van der Waals surface area contributed by atoms with Crippen LogP contribution < -0.4 is 5.73 Å². The van der Waals surface area contributed by atoms with E-state index in [-0.39, 0.29) is 5.41 Å². The van der Waals surface area contributed by atoms with Crippen LogP contribution in [0.15, 0.2) is 4.99 Å². The highest BCUT2D eigenvalue weighted by Gasteiger charge is 2.15. The van der Waals surface area contributed by atoms with Crippen molar-refractivity contribution in [1.29, 1.82) is 0 Å². The molecule has 0 aromatic heterocycles. The summed E-state index contributed by atoms with van der Waals surface area (Å²) in [6.07, 6.45) is 4.08. The molecule has 0 amide bonds. The van der Waals surface area contributed by atoms with Crippen LogP contribution >= 0.6 is 0 Å². The van der Waals surface area contributed by atoms with Gasteiger partial charge in [-0.15, -0.1) is 0 Å². The Balaban J connectivity index is 2.25. The van der Waals surface area contributed by atoms with Crippen molar-refractivity contribution in [3.63, 3.8) is 0 Å². The largest absolute Gasteiger partial charge is 0.387 e. The first kappa shape index (κ1) is 12.5. The van der Waals surface area contributed by atoms with E-state index >= 15 is 0 Å². The van der Waals surface area contributed by atoms with E-state index in [2.05, 4.69) is 30.7 Å². The predicted octanol–water partition coefficient (Wildman–Crippen LogP) is 1.88. The van der Waals surface area contributed by atoms with E-state index in [9.17, 15) is 0 Å². The fourth-order valence-corrected chi connectivity index (χ4v) is 1.73. The van der Waals surface area contributed by atoms with Crippen molar-refractivity contribution < 1.29 is 0 Å². The number of hydrogen-bond donors (Lipinski definition) is 1. The zero-order valence-corrected chi connectivity index (χ0v) is 10.4. The average Bonchev–Trinajstić information content (AvgIpc) is 2.18. The summed E-state index contributed by atoms with van der Waals surface area (Å²) in [6, 6.07) is 0. The second-order valence-electron chi connectivity index (χ2n) is 5.42. The standard InChI is InChI=1S/C12H25N3/c1-12(2,3)11(13)14-7-10-15-8-5-4-6-9-15/h4-10H2,1-3H3,(H2,13,14). The van der Waals surface area contributed by atoms with Gasteiger partial charge in [0.05, 0.1) is 12.4 Å². The first-order chi connectivity index (χ1) is 7.00. The molecular formula is C12H25N3. The van der Waals surface area contributed by atoms with Gasteiger partial charge in [-0.3, -0.25) is 4.99 Å². The third kappa shape index (κ3) is 4.65. The molecule has 0 aromatic rings. The van der Waals surface area contributed by atoms with Crippen molar-refractivity contribution >= 4 is 5.84 Å². The highest BCUT2D eigenvalue weighted by Crippen LogP contribution is 2.12. The van der Waals surface area contributed by atoms with Crippen molar-refractivity contribution in [2.45, 2.75) is 40.0 Å². The van der Waals surface area contributed by atoms with E-state index in [0.29, 0.717) is 0 Å². The first-order valence-electron chi connectivity index (χ1n) is 6.03. The molecule has 2 N–H and O–H groups in total. The van der Waals surface area contributed by atoms with Gasteiger partial charge in [0.2, 0.25) is 0 Å². The summed E-state index contributed by atoms with van der Waals surface area (Å²) < 4.78 is 0. The maximum Gasteiger partial charge on any atom is 0.0991 e. The van der Waals surface area contributed by atoms with Crippen molar-refractivity contribution in [3.05, 3.63) is 0 Å². The number of rotatable bonds is 3. The van der Waals surface area contributed by atoms with Crippen molar-refractivity contribution in [2.75, 3.05) is 26.2 Å². The van der Waals surface area contributed by atoms with Crippen LogP contribution in [0.2, 0.25) is 0 Å². The van der Waals surface area contributed by atoms with Crippen LogP contribution in [0, 0.1) is 5.41 Å². The molecule has 0 aliphatic carbocycles. The number of nitrogens with zero attached hydrogens (tertiary/aromatic N) is 2. The van der Waals surface area contributed by atoms with Crippen LogP contribution in [0.3, 0.4) is 0 Å². The van der Waals surface area contributed by atoms with Gasteiger partial charge in [-0.25, -0.2) is 0 Å². The number of aliphatic imine (C=N–C) groups is 1. The summed E-state index contributed by atoms with van der Waals surface area (Å²) >= 11 is 0. The Bertz CT molecular complexity index is 209. The maximum atomic E-state index is 5.90. The highest BCUT2D eigenvalue weighted by molar-refractivity contribution is 5.85. The minimum absolute atomic E-state index is 0.0158. The van der Waals surface area contributed by atoms with Gasteiger partial charge in [-0.1, -0.05) is 27.2 Å². The van der Waals surface area contributed by atoms with E-state index in [4.69, 9.17) is 5.73 Å². The summed E-state index contributed by atoms with van der Waals surface area (Å²) in [6.45, 7) is 10.7. The molecule has 3 nitrogen and oxygen atoms in total. The minimum atomic E-state index is 0.0158. The molecule has 1 rings (SSSR count). The molecule has 1 fully saturated rings. The van der Waals surface area contributed by atoms with E-state index in [1.807, 2.05) is 0 Å². The second-order valence-corrected chi connectivity index (χ2v) is 5.42. The van der Waals surface area contributed by atoms with Gasteiger partial charge in [0, 0.05) is 12.0 Å². The summed E-state index contributed by atoms with van der Waals surface area (Å²) in [5.74, 6) is 0.777. The molecule has 0 radical (unpaired) electrons. The summed E-state index contributed by atoms with van der Waals surface area (Å²) in [5.41, 5.74) is 5.91. The quantitative estimate of drug-likeness (QED) is 0.572. The molecule has 88 valence electrons. The Morgan fingerprint density at radius 2 is 1.80 bits per heavy atom. The van der Waals surface area contributed by atoms with Gasteiger partial charge < -0.3 is 10.6 Å². The Morgan fingerprint density at radius 3 is 2.33 bits per heavy atom. The van der Waals surface area contributed by atoms with E-state index in [0.717, 1.165) is 18.9 Å². The molecule has 1 saturated heterocycles. The van der Waals surface area contributed by atoms with Gasteiger partial charge in [-0.05, 0) is 25.9 Å². The highest BCUT2D eigenvalue weighted by atomic mass is 15.1. The number of likely N-dealkylation sites (tertiary alicyclic amines) is 1. The van der Waals surface area contributed by atoms with Crippen LogP contribution in [-0.4, -0.2) is 36.9 Å². The lowest BCUT2D eigenvalue weighted by Gasteiger charge is -2.26. The average molecular weight is 211 g/mol. The minimum Gasteiger partial charge on any atom is -0.387 e. The lowest BCUT2D eigenvalue weighted by molar-refractivity contribution is 0.235. The smallest absolute Gasteiger partial charge is 0.0991 e. The van der Waals surface area contributed by atoms with Crippen LogP contribution in [0.1, 0.15) is 40.0 Å². The van der Waals surface area contributed by atoms with E-state index in [1.165, 1.54) is 32.4 Å². The third-order valence-corrected chi connectivity index (χ3v) is 2.92. The monoisotopic (exact) mass is 211 g/mol. The zero-order chi connectivity index (χ0) is 11.3. The molecule has 0 bridgehead atoms. The number of piperidine rings is 1. The van der Waals surface area contributed by atoms with Crippen LogP contribution in [-0.2, 0) is 0 Å². The Hall–Kier alpha value is -0.570. The molecule has 1 aliphatic heterocycles. The van der Waals surface area contributed by atoms with Gasteiger partial charge in [0.1, 0.15) is 0 Å². The van der Waals surface area contributed by atoms with Crippen LogP contribution in [0.25, 0.3) is 0 Å². The van der Waals surface area contributed by atoms with Crippen LogP contribution in [0.4, 0.5) is 0 Å². The Kier molecular flexibility index (Phi) is 4.58. The van der Waals surface area contributed by atoms with Gasteiger partial charge in [0.15, 0.2) is 0 Å². The van der Waals surface area contributed by atoms with Crippen LogP contribution in [0.5, 0.6) is 0 Å². The third-order valence-electron chi connectivity index (χ3n) is 2.92. The lowest BCUT2D eigenvalue weighted by atomic mass is 9.95. The fraction of sp³-hybridized carbons (Fsp3) is 0.917. The SMILES string of the molecule is CC(C)(C)C(N)=NCCN1CCCCC1. The Labute approximate surface area is 93.7 Å². The fourth-order valence-electron chi connectivity index (χ4n) is 1.73. The summed E-state index contributed by atoms with van der Waals surface area (Å²) in [4.78, 5) is 6.93. The number of hydrogen-bond acceptors (Lipinski definition) is 2. The molecule has 3 heteroatoms. The van der Waals surface area contributed by atoms with Crippen molar-refractivity contribution in [2.24, 2.45) is 16.1 Å². The normalized spacial score (nSPS) is 20.6. The molecule has 0 spiro atoms. The molecule has 0 atom stereocenters. The van der Waals surface area contributed by atoms with E-state index in [1.54, 1.807) is 0 Å². The molecule has 0 saturated carbocycles.